The van der Waals surface area contributed by atoms with Gasteiger partial charge < -0.3 is 11.5 Å². The molecule has 21 heavy (non-hydrogen) atoms. The molecule has 0 aliphatic heterocycles. The van der Waals surface area contributed by atoms with E-state index in [1.165, 1.54) is 37.8 Å². The highest BCUT2D eigenvalue weighted by Gasteiger charge is 2.29. The number of allylic oxidation sites excluding steroid dienone is 1. The van der Waals surface area contributed by atoms with E-state index in [2.05, 4.69) is 6.08 Å². The van der Waals surface area contributed by atoms with Gasteiger partial charge in [0.25, 0.3) is 0 Å². The van der Waals surface area contributed by atoms with Crippen molar-refractivity contribution in [1.82, 2.24) is 0 Å². The molecule has 0 unspecified atom stereocenters. The first-order valence-corrected chi connectivity index (χ1v) is 7.21. The summed E-state index contributed by atoms with van der Waals surface area (Å²) in [6.07, 6.45) is 4.58. The molecule has 0 fully saturated rings. The minimum absolute atomic E-state index is 0.262. The van der Waals surface area contributed by atoms with Crippen molar-refractivity contribution in [2.45, 2.75) is 44.8 Å². The Hall–Kier alpha value is -1.33. The summed E-state index contributed by atoms with van der Waals surface area (Å²) in [6.45, 7) is 1.09. The van der Waals surface area contributed by atoms with Crippen molar-refractivity contribution in [3.63, 3.8) is 0 Å². The van der Waals surface area contributed by atoms with Gasteiger partial charge in [0.1, 0.15) is 0 Å². The first kappa shape index (κ1) is 17.7. The smallest absolute Gasteiger partial charge is 0.330 e. The van der Waals surface area contributed by atoms with Gasteiger partial charge >= 0.3 is 6.18 Å². The fourth-order valence-electron chi connectivity index (χ4n) is 2.15. The Labute approximate surface area is 124 Å². The fourth-order valence-corrected chi connectivity index (χ4v) is 2.15. The number of alkyl halides is 3. The lowest BCUT2D eigenvalue weighted by Crippen LogP contribution is -2.05. The SMILES string of the molecule is NCCC1=CCCCC1.NCc1ccc(C(F)(F)F)cc1. The molecule has 4 N–H and O–H groups in total. The molecule has 0 saturated carbocycles. The van der Waals surface area contributed by atoms with Gasteiger partial charge in [-0.05, 0) is 56.3 Å². The highest BCUT2D eigenvalue weighted by atomic mass is 19.4. The molecule has 2 rings (SSSR count). The van der Waals surface area contributed by atoms with Gasteiger partial charge in [-0.25, -0.2) is 0 Å². The maximum absolute atomic E-state index is 12.0. The maximum Gasteiger partial charge on any atom is 0.416 e. The quantitative estimate of drug-likeness (QED) is 0.829. The van der Waals surface area contributed by atoms with Crippen LogP contribution in [0.3, 0.4) is 0 Å². The van der Waals surface area contributed by atoms with Gasteiger partial charge in [-0.2, -0.15) is 13.2 Å². The van der Waals surface area contributed by atoms with E-state index >= 15 is 0 Å². The number of halogens is 3. The van der Waals surface area contributed by atoms with Gasteiger partial charge in [-0.3, -0.25) is 0 Å². The van der Waals surface area contributed by atoms with Crippen LogP contribution in [-0.2, 0) is 12.7 Å². The van der Waals surface area contributed by atoms with E-state index < -0.39 is 11.7 Å². The Morgan fingerprint density at radius 3 is 2.10 bits per heavy atom. The molecule has 5 heteroatoms. The largest absolute Gasteiger partial charge is 0.416 e. The molecule has 0 amide bonds. The minimum Gasteiger partial charge on any atom is -0.330 e. The Morgan fingerprint density at radius 2 is 1.67 bits per heavy atom. The fraction of sp³-hybridized carbons (Fsp3) is 0.500. The standard InChI is InChI=1S/C8H8F3N.C8H15N/c9-8(10,11)7-3-1-6(5-12)2-4-7;9-7-6-8-4-2-1-3-5-8/h1-4H,5,12H2;4H,1-3,5-7,9H2. The number of hydrogen-bond acceptors (Lipinski definition) is 2. The molecule has 0 aromatic heterocycles. The number of benzene rings is 1. The van der Waals surface area contributed by atoms with Gasteiger partial charge in [-0.1, -0.05) is 23.8 Å². The summed E-state index contributed by atoms with van der Waals surface area (Å²) >= 11 is 0. The molecule has 1 aromatic rings. The van der Waals surface area contributed by atoms with Crippen molar-refractivity contribution < 1.29 is 13.2 Å². The van der Waals surface area contributed by atoms with Crippen LogP contribution in [0.2, 0.25) is 0 Å². The third kappa shape index (κ3) is 6.78. The van der Waals surface area contributed by atoms with Crippen LogP contribution < -0.4 is 11.5 Å². The molecule has 1 aliphatic rings. The van der Waals surface area contributed by atoms with Crippen molar-refractivity contribution >= 4 is 0 Å². The maximum atomic E-state index is 12.0. The normalized spacial score (nSPS) is 15.0. The van der Waals surface area contributed by atoms with Crippen LogP contribution in [-0.4, -0.2) is 6.54 Å². The highest BCUT2D eigenvalue weighted by Crippen LogP contribution is 2.28. The summed E-state index contributed by atoms with van der Waals surface area (Å²) in [7, 11) is 0. The second-order valence-corrected chi connectivity index (χ2v) is 5.05. The summed E-state index contributed by atoms with van der Waals surface area (Å²) in [6, 6.07) is 4.82. The lowest BCUT2D eigenvalue weighted by atomic mass is 9.97. The summed E-state index contributed by atoms with van der Waals surface area (Å²) in [5.74, 6) is 0. The zero-order valence-corrected chi connectivity index (χ0v) is 12.1. The van der Waals surface area contributed by atoms with Crippen LogP contribution in [0.15, 0.2) is 35.9 Å². The van der Waals surface area contributed by atoms with Gasteiger partial charge in [0, 0.05) is 6.54 Å². The zero-order valence-electron chi connectivity index (χ0n) is 12.1. The number of rotatable bonds is 3. The molecule has 1 aromatic carbocycles. The monoisotopic (exact) mass is 300 g/mol. The predicted molar refractivity (Wildman–Crippen MR) is 79.6 cm³/mol. The molecule has 118 valence electrons. The molecule has 2 nitrogen and oxygen atoms in total. The first-order valence-electron chi connectivity index (χ1n) is 7.21. The lowest BCUT2D eigenvalue weighted by Gasteiger charge is -2.10. The van der Waals surface area contributed by atoms with Gasteiger partial charge in [-0.15, -0.1) is 0 Å². The molecule has 0 heterocycles. The van der Waals surface area contributed by atoms with E-state index in [9.17, 15) is 13.2 Å². The van der Waals surface area contributed by atoms with Crippen molar-refractivity contribution in [2.75, 3.05) is 6.54 Å². The zero-order chi connectivity index (χ0) is 15.7. The van der Waals surface area contributed by atoms with Crippen LogP contribution >= 0.6 is 0 Å². The molecule has 1 aliphatic carbocycles. The number of hydrogen-bond donors (Lipinski definition) is 2. The topological polar surface area (TPSA) is 52.0 Å². The molecular weight excluding hydrogens is 277 g/mol. The van der Waals surface area contributed by atoms with E-state index in [-0.39, 0.29) is 6.54 Å². The third-order valence-electron chi connectivity index (χ3n) is 3.37. The van der Waals surface area contributed by atoms with Gasteiger partial charge in [0.2, 0.25) is 0 Å². The van der Waals surface area contributed by atoms with Crippen molar-refractivity contribution in [1.29, 1.82) is 0 Å². The highest BCUT2D eigenvalue weighted by molar-refractivity contribution is 5.24. The molecule has 0 saturated heterocycles. The van der Waals surface area contributed by atoms with Gasteiger partial charge in [0.05, 0.1) is 5.56 Å². The molecule has 0 spiro atoms. The van der Waals surface area contributed by atoms with Crippen LogP contribution in [0, 0.1) is 0 Å². The Bertz CT molecular complexity index is 436. The van der Waals surface area contributed by atoms with Crippen LogP contribution in [0.25, 0.3) is 0 Å². The van der Waals surface area contributed by atoms with E-state index in [1.54, 1.807) is 5.57 Å². The average molecular weight is 300 g/mol. The second-order valence-electron chi connectivity index (χ2n) is 5.05. The Morgan fingerprint density at radius 1 is 1.00 bits per heavy atom. The lowest BCUT2D eigenvalue weighted by molar-refractivity contribution is -0.137. The minimum atomic E-state index is -4.26. The van der Waals surface area contributed by atoms with Crippen LogP contribution in [0.4, 0.5) is 13.2 Å². The van der Waals surface area contributed by atoms with Crippen molar-refractivity contribution in [3.8, 4) is 0 Å². The molecule has 0 radical (unpaired) electrons. The van der Waals surface area contributed by atoms with Crippen LogP contribution in [0.5, 0.6) is 0 Å². The van der Waals surface area contributed by atoms with Crippen molar-refractivity contribution in [3.05, 3.63) is 47.0 Å². The third-order valence-corrected chi connectivity index (χ3v) is 3.37. The Kier molecular flexibility index (Phi) is 7.47. The predicted octanol–water partition coefficient (Wildman–Crippen LogP) is 4.00. The van der Waals surface area contributed by atoms with Gasteiger partial charge in [0.15, 0.2) is 0 Å². The Balaban J connectivity index is 0.000000219. The van der Waals surface area contributed by atoms with E-state index in [4.69, 9.17) is 11.5 Å². The van der Waals surface area contributed by atoms with Crippen LogP contribution in [0.1, 0.15) is 43.2 Å². The molecule has 0 atom stereocenters. The molecule has 0 bridgehead atoms. The van der Waals surface area contributed by atoms with Crippen molar-refractivity contribution in [2.24, 2.45) is 11.5 Å². The number of nitrogens with two attached hydrogens (primary N) is 2. The van der Waals surface area contributed by atoms with E-state index in [0.717, 1.165) is 25.1 Å². The summed E-state index contributed by atoms with van der Waals surface area (Å²) < 4.78 is 36.0. The summed E-state index contributed by atoms with van der Waals surface area (Å²) in [4.78, 5) is 0. The summed E-state index contributed by atoms with van der Waals surface area (Å²) in [5.41, 5.74) is 12.3. The molecular formula is C16H23F3N2. The summed E-state index contributed by atoms with van der Waals surface area (Å²) in [5, 5.41) is 0. The van der Waals surface area contributed by atoms with E-state index in [1.807, 2.05) is 0 Å². The average Bonchev–Trinajstić information content (AvgIpc) is 2.48. The van der Waals surface area contributed by atoms with E-state index in [0.29, 0.717) is 5.56 Å². The first-order chi connectivity index (χ1) is 9.97. The second kappa shape index (κ2) is 8.85.